The van der Waals surface area contributed by atoms with Crippen molar-refractivity contribution in [2.24, 2.45) is 0 Å². The van der Waals surface area contributed by atoms with Crippen LogP contribution in [0.5, 0.6) is 5.75 Å². The number of fused-ring (bicyclic) bond motifs is 2. The normalized spacial score (nSPS) is 14.7. The molecule has 6 nitrogen and oxygen atoms in total. The second-order valence-electron chi connectivity index (χ2n) is 9.48. The third-order valence-electron chi connectivity index (χ3n) is 7.06. The summed E-state index contributed by atoms with van der Waals surface area (Å²) in [7, 11) is 0. The maximum Gasteiger partial charge on any atom is 0.335 e. The molecule has 1 aliphatic heterocycles. The van der Waals surface area contributed by atoms with Crippen molar-refractivity contribution in [2.75, 3.05) is 4.90 Å². The Kier molecular flexibility index (Phi) is 6.54. The Hall–Kier alpha value is -4.94. The van der Waals surface area contributed by atoms with Crippen LogP contribution in [0.2, 0.25) is 5.02 Å². The smallest absolute Gasteiger partial charge is 0.335 e. The van der Waals surface area contributed by atoms with E-state index in [1.807, 2.05) is 55.5 Å². The zero-order chi connectivity index (χ0) is 27.8. The first-order chi connectivity index (χ1) is 19.4. The number of aryl methyl sites for hydroxylation is 1. The standard InChI is InChI=1S/C33H23ClN2O4/c1-20-14-15-21-8-3-5-11-24(21)27(20)19-40-30-17-16-22-9-2-4-10-23(22)25(30)18-26-31(37)35-33(39)36(32(26)38)29-13-7-6-12-28(29)34/h2-18H,19H2,1H3,(H,35,37,39)/b26-18+. The van der Waals surface area contributed by atoms with Crippen molar-refractivity contribution in [3.05, 3.63) is 124 Å². The summed E-state index contributed by atoms with van der Waals surface area (Å²) in [5.74, 6) is -1.06. The first-order valence-electron chi connectivity index (χ1n) is 12.7. The highest BCUT2D eigenvalue weighted by Crippen LogP contribution is 2.34. The van der Waals surface area contributed by atoms with Crippen molar-refractivity contribution in [2.45, 2.75) is 13.5 Å². The summed E-state index contributed by atoms with van der Waals surface area (Å²) in [5.41, 5.74) is 2.68. The summed E-state index contributed by atoms with van der Waals surface area (Å²) in [5, 5.41) is 6.39. The van der Waals surface area contributed by atoms with Crippen molar-refractivity contribution < 1.29 is 19.1 Å². The Balaban J connectivity index is 1.45. The number of halogens is 1. The number of barbiturate groups is 1. The number of ether oxygens (including phenoxy) is 1. The van der Waals surface area contributed by atoms with Crippen LogP contribution in [0, 0.1) is 6.92 Å². The summed E-state index contributed by atoms with van der Waals surface area (Å²) in [6, 6.07) is 29.3. The molecule has 0 unspecified atom stereocenters. The largest absolute Gasteiger partial charge is 0.488 e. The zero-order valence-electron chi connectivity index (χ0n) is 21.5. The molecule has 4 amide bonds. The van der Waals surface area contributed by atoms with Crippen LogP contribution in [-0.2, 0) is 16.2 Å². The van der Waals surface area contributed by atoms with Crippen LogP contribution in [0.15, 0.2) is 103 Å². The molecule has 5 aromatic carbocycles. The lowest BCUT2D eigenvalue weighted by atomic mass is 9.99. The summed E-state index contributed by atoms with van der Waals surface area (Å²) in [4.78, 5) is 40.2. The van der Waals surface area contributed by atoms with Gasteiger partial charge in [0.1, 0.15) is 17.9 Å². The first-order valence-corrected chi connectivity index (χ1v) is 13.1. The third kappa shape index (κ3) is 4.48. The maximum absolute atomic E-state index is 13.6. The van der Waals surface area contributed by atoms with Crippen LogP contribution < -0.4 is 15.0 Å². The van der Waals surface area contributed by atoms with Gasteiger partial charge in [0, 0.05) is 11.1 Å². The highest BCUT2D eigenvalue weighted by atomic mass is 35.5. The van der Waals surface area contributed by atoms with Gasteiger partial charge in [0.25, 0.3) is 11.8 Å². The number of nitrogens with one attached hydrogen (secondary N) is 1. The highest BCUT2D eigenvalue weighted by molar-refractivity contribution is 6.42. The van der Waals surface area contributed by atoms with Crippen LogP contribution in [0.3, 0.4) is 0 Å². The van der Waals surface area contributed by atoms with Gasteiger partial charge in [0.15, 0.2) is 0 Å². The van der Waals surface area contributed by atoms with Gasteiger partial charge in [0.2, 0.25) is 0 Å². The Morgan fingerprint density at radius 1 is 0.800 bits per heavy atom. The van der Waals surface area contributed by atoms with Gasteiger partial charge in [0.05, 0.1) is 10.7 Å². The molecule has 1 saturated heterocycles. The van der Waals surface area contributed by atoms with E-state index in [2.05, 4.69) is 29.6 Å². The number of anilines is 1. The summed E-state index contributed by atoms with van der Waals surface area (Å²) in [6.07, 6.45) is 1.49. The molecule has 0 saturated carbocycles. The molecule has 0 spiro atoms. The molecule has 6 rings (SSSR count). The fourth-order valence-electron chi connectivity index (χ4n) is 4.99. The Labute approximate surface area is 235 Å². The van der Waals surface area contributed by atoms with Crippen LogP contribution in [0.1, 0.15) is 16.7 Å². The van der Waals surface area contributed by atoms with E-state index >= 15 is 0 Å². The predicted octanol–water partition coefficient (Wildman–Crippen LogP) is 7.20. The number of carbonyl (C=O) groups excluding carboxylic acids is 3. The second-order valence-corrected chi connectivity index (χ2v) is 9.89. The highest BCUT2D eigenvalue weighted by Gasteiger charge is 2.38. The lowest BCUT2D eigenvalue weighted by molar-refractivity contribution is -0.122. The van der Waals surface area contributed by atoms with Gasteiger partial charge in [-0.15, -0.1) is 0 Å². The van der Waals surface area contributed by atoms with Gasteiger partial charge in [-0.3, -0.25) is 14.9 Å². The van der Waals surface area contributed by atoms with Crippen molar-refractivity contribution in [3.8, 4) is 5.75 Å². The summed E-state index contributed by atoms with van der Waals surface area (Å²) in [6.45, 7) is 2.33. The van der Waals surface area contributed by atoms with Crippen LogP contribution in [0.4, 0.5) is 10.5 Å². The van der Waals surface area contributed by atoms with Gasteiger partial charge < -0.3 is 4.74 Å². The van der Waals surface area contributed by atoms with E-state index in [0.717, 1.165) is 37.6 Å². The number of para-hydroxylation sites is 1. The lowest BCUT2D eigenvalue weighted by Gasteiger charge is -2.27. The number of nitrogens with zero attached hydrogens (tertiary/aromatic N) is 1. The quantitative estimate of drug-likeness (QED) is 0.187. The topological polar surface area (TPSA) is 75.7 Å². The number of carbonyl (C=O) groups is 3. The molecule has 1 N–H and O–H groups in total. The van der Waals surface area contributed by atoms with Gasteiger partial charge in [-0.2, -0.15) is 0 Å². The Morgan fingerprint density at radius 2 is 1.45 bits per heavy atom. The van der Waals surface area contributed by atoms with Crippen molar-refractivity contribution >= 4 is 62.8 Å². The molecule has 196 valence electrons. The molecular formula is C33H23ClN2O4. The molecule has 0 aliphatic carbocycles. The molecule has 0 radical (unpaired) electrons. The SMILES string of the molecule is Cc1ccc2ccccc2c1COc1ccc2ccccc2c1/C=C1\C(=O)NC(=O)N(c2ccccc2Cl)C1=O. The number of benzene rings is 5. The van der Waals surface area contributed by atoms with E-state index in [-0.39, 0.29) is 22.9 Å². The van der Waals surface area contributed by atoms with E-state index in [9.17, 15) is 14.4 Å². The average molecular weight is 547 g/mol. The van der Waals surface area contributed by atoms with Gasteiger partial charge >= 0.3 is 6.03 Å². The van der Waals surface area contributed by atoms with E-state index in [4.69, 9.17) is 16.3 Å². The number of amides is 4. The minimum Gasteiger partial charge on any atom is -0.488 e. The van der Waals surface area contributed by atoms with Crippen molar-refractivity contribution in [3.63, 3.8) is 0 Å². The molecule has 1 fully saturated rings. The lowest BCUT2D eigenvalue weighted by Crippen LogP contribution is -2.54. The molecule has 40 heavy (non-hydrogen) atoms. The van der Waals surface area contributed by atoms with Crippen LogP contribution in [-0.4, -0.2) is 17.8 Å². The summed E-state index contributed by atoms with van der Waals surface area (Å²) >= 11 is 6.29. The Morgan fingerprint density at radius 3 is 2.23 bits per heavy atom. The van der Waals surface area contributed by atoms with Gasteiger partial charge in [-0.1, -0.05) is 90.5 Å². The second kappa shape index (κ2) is 10.3. The number of hydrogen-bond acceptors (Lipinski definition) is 4. The predicted molar refractivity (Wildman–Crippen MR) is 157 cm³/mol. The van der Waals surface area contributed by atoms with E-state index < -0.39 is 17.8 Å². The van der Waals surface area contributed by atoms with Gasteiger partial charge in [-0.05, 0) is 58.3 Å². The number of rotatable bonds is 5. The molecule has 0 aromatic heterocycles. The maximum atomic E-state index is 13.6. The van der Waals surface area contributed by atoms with E-state index in [0.29, 0.717) is 11.3 Å². The molecule has 0 atom stereocenters. The third-order valence-corrected chi connectivity index (χ3v) is 7.38. The molecule has 0 bridgehead atoms. The number of urea groups is 1. The Bertz CT molecular complexity index is 1880. The average Bonchev–Trinajstić information content (AvgIpc) is 2.96. The molecule has 5 aromatic rings. The molecule has 7 heteroatoms. The molecular weight excluding hydrogens is 524 g/mol. The summed E-state index contributed by atoms with van der Waals surface area (Å²) < 4.78 is 6.39. The number of imide groups is 2. The van der Waals surface area contributed by atoms with Crippen LogP contribution in [0.25, 0.3) is 27.6 Å². The molecule has 1 heterocycles. The van der Waals surface area contributed by atoms with Crippen LogP contribution >= 0.6 is 11.6 Å². The van der Waals surface area contributed by atoms with Crippen molar-refractivity contribution in [1.29, 1.82) is 0 Å². The van der Waals surface area contributed by atoms with E-state index in [1.165, 1.54) is 6.08 Å². The van der Waals surface area contributed by atoms with Crippen molar-refractivity contribution in [1.82, 2.24) is 5.32 Å². The van der Waals surface area contributed by atoms with Gasteiger partial charge in [-0.25, -0.2) is 9.69 Å². The molecule has 1 aliphatic rings. The first kappa shape index (κ1) is 25.3. The minimum atomic E-state index is -0.860. The minimum absolute atomic E-state index is 0.186. The van der Waals surface area contributed by atoms with E-state index in [1.54, 1.807) is 24.3 Å². The zero-order valence-corrected chi connectivity index (χ0v) is 22.2. The number of hydrogen-bond donors (Lipinski definition) is 1. The fraction of sp³-hybridized carbons (Fsp3) is 0.0606. The fourth-order valence-corrected chi connectivity index (χ4v) is 5.21. The monoisotopic (exact) mass is 546 g/mol.